The van der Waals surface area contributed by atoms with Gasteiger partial charge in [-0.3, -0.25) is 4.79 Å². The van der Waals surface area contributed by atoms with E-state index >= 15 is 0 Å². The molecule has 1 aliphatic rings. The van der Waals surface area contributed by atoms with Crippen molar-refractivity contribution in [3.8, 4) is 0 Å². The fraction of sp³-hybridized carbons (Fsp3) is 0.250. The lowest BCUT2D eigenvalue weighted by Gasteiger charge is -2.29. The molecule has 1 aromatic carbocycles. The zero-order valence-corrected chi connectivity index (χ0v) is 12.5. The quantitative estimate of drug-likeness (QED) is 0.867. The molecule has 3 rings (SSSR count). The number of rotatable bonds is 2. The van der Waals surface area contributed by atoms with Crippen LogP contribution in [-0.2, 0) is 13.0 Å². The Balaban J connectivity index is 1.85. The van der Waals surface area contributed by atoms with Crippen LogP contribution >= 0.6 is 11.6 Å². The van der Waals surface area contributed by atoms with Crippen molar-refractivity contribution < 1.29 is 4.79 Å². The third kappa shape index (κ3) is 2.85. The Labute approximate surface area is 128 Å². The fourth-order valence-electron chi connectivity index (χ4n) is 2.60. The van der Waals surface area contributed by atoms with E-state index in [4.69, 9.17) is 11.6 Å². The van der Waals surface area contributed by atoms with E-state index in [-0.39, 0.29) is 5.91 Å². The van der Waals surface area contributed by atoms with E-state index in [1.807, 2.05) is 17.0 Å². The van der Waals surface area contributed by atoms with Crippen LogP contribution in [0.4, 0.5) is 5.82 Å². The van der Waals surface area contributed by atoms with Gasteiger partial charge >= 0.3 is 0 Å². The van der Waals surface area contributed by atoms with Gasteiger partial charge in [0.15, 0.2) is 0 Å². The number of carbonyl (C=O) groups is 1. The number of aromatic nitrogens is 1. The summed E-state index contributed by atoms with van der Waals surface area (Å²) in [6, 6.07) is 11.6. The molecule has 0 saturated carbocycles. The molecule has 1 aliphatic heterocycles. The molecule has 2 aromatic rings. The highest BCUT2D eigenvalue weighted by Crippen LogP contribution is 2.22. The zero-order valence-electron chi connectivity index (χ0n) is 11.8. The van der Waals surface area contributed by atoms with Gasteiger partial charge in [-0.1, -0.05) is 35.9 Å². The number of pyridine rings is 1. The average Bonchev–Trinajstić information content (AvgIpc) is 2.53. The highest BCUT2D eigenvalue weighted by molar-refractivity contribution is 6.29. The minimum absolute atomic E-state index is 0.00898. The highest BCUT2D eigenvalue weighted by Gasteiger charge is 2.22. The monoisotopic (exact) mass is 301 g/mol. The molecular weight excluding hydrogens is 286 g/mol. The van der Waals surface area contributed by atoms with E-state index in [9.17, 15) is 4.79 Å². The summed E-state index contributed by atoms with van der Waals surface area (Å²) >= 11 is 5.97. The SMILES string of the molecule is CNc1cc(C(=O)N2CCc3ccccc3C2)cc(Cl)n1. The number of fused-ring (bicyclic) bond motifs is 1. The van der Waals surface area contributed by atoms with Crippen LogP contribution in [0.1, 0.15) is 21.5 Å². The van der Waals surface area contributed by atoms with Gasteiger partial charge in [-0.25, -0.2) is 4.98 Å². The number of benzene rings is 1. The molecule has 2 heterocycles. The molecule has 5 heteroatoms. The third-order valence-corrected chi connectivity index (χ3v) is 3.91. The third-order valence-electron chi connectivity index (χ3n) is 3.72. The summed E-state index contributed by atoms with van der Waals surface area (Å²) in [5.74, 6) is 0.591. The van der Waals surface area contributed by atoms with Crippen molar-refractivity contribution in [2.45, 2.75) is 13.0 Å². The number of hydrogen-bond donors (Lipinski definition) is 1. The largest absolute Gasteiger partial charge is 0.373 e. The summed E-state index contributed by atoms with van der Waals surface area (Å²) in [4.78, 5) is 18.6. The summed E-state index contributed by atoms with van der Waals surface area (Å²) in [6.07, 6.45) is 0.889. The number of halogens is 1. The molecule has 0 spiro atoms. The van der Waals surface area contributed by atoms with E-state index in [2.05, 4.69) is 22.4 Å². The van der Waals surface area contributed by atoms with Gasteiger partial charge in [-0.2, -0.15) is 0 Å². The molecule has 0 radical (unpaired) electrons. The van der Waals surface area contributed by atoms with Crippen LogP contribution < -0.4 is 5.32 Å². The lowest BCUT2D eigenvalue weighted by molar-refractivity contribution is 0.0734. The first kappa shape index (κ1) is 13.9. The average molecular weight is 302 g/mol. The summed E-state index contributed by atoms with van der Waals surface area (Å²) in [5.41, 5.74) is 3.11. The Hall–Kier alpha value is -2.07. The minimum Gasteiger partial charge on any atom is -0.373 e. The predicted molar refractivity (Wildman–Crippen MR) is 83.7 cm³/mol. The molecule has 108 valence electrons. The minimum atomic E-state index is -0.00898. The topological polar surface area (TPSA) is 45.2 Å². The summed E-state index contributed by atoms with van der Waals surface area (Å²) in [5, 5.41) is 3.24. The maximum Gasteiger partial charge on any atom is 0.254 e. The van der Waals surface area contributed by atoms with Crippen molar-refractivity contribution in [1.29, 1.82) is 0 Å². The number of anilines is 1. The van der Waals surface area contributed by atoms with Crippen LogP contribution in [0.3, 0.4) is 0 Å². The summed E-state index contributed by atoms with van der Waals surface area (Å²) < 4.78 is 0. The second kappa shape index (κ2) is 5.74. The van der Waals surface area contributed by atoms with Crippen molar-refractivity contribution in [3.05, 3.63) is 58.2 Å². The molecule has 1 amide bonds. The van der Waals surface area contributed by atoms with Crippen LogP contribution in [0, 0.1) is 0 Å². The van der Waals surface area contributed by atoms with Gasteiger partial charge in [0.25, 0.3) is 5.91 Å². The Morgan fingerprint density at radius 1 is 1.29 bits per heavy atom. The van der Waals surface area contributed by atoms with E-state index in [0.29, 0.717) is 23.1 Å². The van der Waals surface area contributed by atoms with Crippen molar-refractivity contribution in [1.82, 2.24) is 9.88 Å². The van der Waals surface area contributed by atoms with Gasteiger partial charge in [0, 0.05) is 25.7 Å². The first-order valence-corrected chi connectivity index (χ1v) is 7.26. The van der Waals surface area contributed by atoms with Gasteiger partial charge in [0.1, 0.15) is 11.0 Å². The molecular formula is C16H16ClN3O. The number of carbonyl (C=O) groups excluding carboxylic acids is 1. The zero-order chi connectivity index (χ0) is 14.8. The molecule has 0 aliphatic carbocycles. The van der Waals surface area contributed by atoms with Crippen molar-refractivity contribution in [2.24, 2.45) is 0 Å². The Morgan fingerprint density at radius 3 is 2.81 bits per heavy atom. The number of nitrogens with zero attached hydrogens (tertiary/aromatic N) is 2. The molecule has 0 unspecified atom stereocenters. The Kier molecular flexibility index (Phi) is 3.80. The normalized spacial score (nSPS) is 13.7. The second-order valence-corrected chi connectivity index (χ2v) is 5.45. The van der Waals surface area contributed by atoms with Gasteiger partial charge in [-0.05, 0) is 29.7 Å². The molecule has 0 saturated heterocycles. The fourth-order valence-corrected chi connectivity index (χ4v) is 2.81. The molecule has 1 aromatic heterocycles. The maximum absolute atomic E-state index is 12.6. The lowest BCUT2D eigenvalue weighted by atomic mass is 9.99. The lowest BCUT2D eigenvalue weighted by Crippen LogP contribution is -2.36. The number of hydrogen-bond acceptors (Lipinski definition) is 3. The number of amides is 1. The highest BCUT2D eigenvalue weighted by atomic mass is 35.5. The van der Waals surface area contributed by atoms with Gasteiger partial charge in [0.2, 0.25) is 0 Å². The van der Waals surface area contributed by atoms with Gasteiger partial charge in [-0.15, -0.1) is 0 Å². The van der Waals surface area contributed by atoms with E-state index in [0.717, 1.165) is 13.0 Å². The summed E-state index contributed by atoms with van der Waals surface area (Å²) in [7, 11) is 1.75. The first-order chi connectivity index (χ1) is 10.2. The van der Waals surface area contributed by atoms with E-state index in [1.54, 1.807) is 19.2 Å². The van der Waals surface area contributed by atoms with Gasteiger partial charge < -0.3 is 10.2 Å². The van der Waals surface area contributed by atoms with Crippen LogP contribution in [0.2, 0.25) is 5.15 Å². The van der Waals surface area contributed by atoms with Crippen LogP contribution in [-0.4, -0.2) is 29.4 Å². The Bertz CT molecular complexity index is 687. The molecule has 4 nitrogen and oxygen atoms in total. The van der Waals surface area contributed by atoms with Crippen molar-refractivity contribution in [2.75, 3.05) is 18.9 Å². The predicted octanol–water partition coefficient (Wildman–Crippen LogP) is 2.98. The second-order valence-electron chi connectivity index (χ2n) is 5.06. The van der Waals surface area contributed by atoms with E-state index in [1.165, 1.54) is 11.1 Å². The molecule has 1 N–H and O–H groups in total. The smallest absolute Gasteiger partial charge is 0.254 e. The Morgan fingerprint density at radius 2 is 2.05 bits per heavy atom. The summed E-state index contributed by atoms with van der Waals surface area (Å²) in [6.45, 7) is 1.37. The van der Waals surface area contributed by atoms with Crippen LogP contribution in [0.25, 0.3) is 0 Å². The molecule has 21 heavy (non-hydrogen) atoms. The standard InChI is InChI=1S/C16H16ClN3O/c1-18-15-9-13(8-14(17)19-15)16(21)20-7-6-11-4-2-3-5-12(11)10-20/h2-5,8-9H,6-7,10H2,1H3,(H,18,19). The van der Waals surface area contributed by atoms with Gasteiger partial charge in [0.05, 0.1) is 0 Å². The molecule has 0 bridgehead atoms. The maximum atomic E-state index is 12.6. The molecule has 0 atom stereocenters. The van der Waals surface area contributed by atoms with Crippen molar-refractivity contribution >= 4 is 23.3 Å². The number of nitrogens with one attached hydrogen (secondary N) is 1. The van der Waals surface area contributed by atoms with Crippen LogP contribution in [0.5, 0.6) is 0 Å². The van der Waals surface area contributed by atoms with Crippen molar-refractivity contribution in [3.63, 3.8) is 0 Å². The van der Waals surface area contributed by atoms with E-state index < -0.39 is 0 Å². The van der Waals surface area contributed by atoms with Crippen LogP contribution in [0.15, 0.2) is 36.4 Å². The first-order valence-electron chi connectivity index (χ1n) is 6.89. The molecule has 0 fully saturated rings.